The quantitative estimate of drug-likeness (QED) is 0.413. The number of rotatable bonds is 2. The Morgan fingerprint density at radius 1 is 1.27 bits per heavy atom. The number of nitrogens with zero attached hydrogens (tertiary/aromatic N) is 2. The van der Waals surface area contributed by atoms with Crippen LogP contribution in [-0.4, -0.2) is 24.6 Å². The second-order valence-corrected chi connectivity index (χ2v) is 7.11. The topological polar surface area (TPSA) is 86.5 Å². The van der Waals surface area contributed by atoms with Crippen LogP contribution in [0.1, 0.15) is 31.3 Å². The number of aromatic nitrogens is 2. The first-order valence-corrected chi connectivity index (χ1v) is 7.47. The van der Waals surface area contributed by atoms with Gasteiger partial charge in [-0.2, -0.15) is 4.98 Å². The van der Waals surface area contributed by atoms with Crippen LogP contribution >= 0.6 is 6.72 Å². The SMILES string of the molecule is Cc1cc([S+]=P(O)(O)O)nc(C(C)C)n1. The largest absolute Gasteiger partial charge is 0.523 e. The molecule has 0 unspecified atom stereocenters. The Morgan fingerprint density at radius 3 is 2.33 bits per heavy atom. The molecule has 0 fully saturated rings. The molecule has 0 aliphatic carbocycles. The van der Waals surface area contributed by atoms with Crippen molar-refractivity contribution in [2.24, 2.45) is 0 Å². The lowest BCUT2D eigenvalue weighted by Gasteiger charge is -2.02. The van der Waals surface area contributed by atoms with Gasteiger partial charge in [0.1, 0.15) is 5.82 Å². The highest BCUT2D eigenvalue weighted by Crippen LogP contribution is 2.33. The molecule has 0 amide bonds. The summed E-state index contributed by atoms with van der Waals surface area (Å²) in [6.07, 6.45) is 0. The van der Waals surface area contributed by atoms with Gasteiger partial charge in [-0.3, -0.25) is 14.7 Å². The van der Waals surface area contributed by atoms with E-state index >= 15 is 0 Å². The van der Waals surface area contributed by atoms with Crippen LogP contribution in [0.5, 0.6) is 0 Å². The van der Waals surface area contributed by atoms with Gasteiger partial charge in [0.25, 0.3) is 0 Å². The van der Waals surface area contributed by atoms with Crippen molar-refractivity contribution in [2.75, 3.05) is 0 Å². The van der Waals surface area contributed by atoms with E-state index in [4.69, 9.17) is 14.7 Å². The van der Waals surface area contributed by atoms with E-state index in [1.807, 2.05) is 13.8 Å². The van der Waals surface area contributed by atoms with E-state index in [0.29, 0.717) is 21.8 Å². The molecule has 0 radical (unpaired) electrons. The van der Waals surface area contributed by atoms with E-state index in [2.05, 4.69) is 9.97 Å². The molecule has 3 N–H and O–H groups in total. The fraction of sp³-hybridized carbons (Fsp3) is 0.500. The predicted octanol–water partition coefficient (Wildman–Crippen LogP) is 1.00. The third-order valence-electron chi connectivity index (χ3n) is 1.58. The Labute approximate surface area is 92.1 Å². The van der Waals surface area contributed by atoms with Gasteiger partial charge in [0, 0.05) is 17.7 Å². The van der Waals surface area contributed by atoms with Crippen LogP contribution in [0, 0.1) is 6.92 Å². The van der Waals surface area contributed by atoms with E-state index < -0.39 is 6.72 Å². The lowest BCUT2D eigenvalue weighted by Crippen LogP contribution is -2.01. The molecule has 0 atom stereocenters. The summed E-state index contributed by atoms with van der Waals surface area (Å²) in [5.41, 5.74) is 0.740. The third-order valence-corrected chi connectivity index (χ3v) is 3.52. The van der Waals surface area contributed by atoms with Crippen LogP contribution in [0.3, 0.4) is 0 Å². The molecular weight excluding hydrogens is 235 g/mol. The summed E-state index contributed by atoms with van der Waals surface area (Å²) in [7, 11) is 0.573. The van der Waals surface area contributed by atoms with Crippen LogP contribution in [-0.2, 0) is 10.9 Å². The molecule has 1 aromatic rings. The molecule has 0 aromatic carbocycles. The monoisotopic (exact) mass is 249 g/mol. The Balaban J connectivity index is 3.22. The standard InChI is InChI=1S/C8H14N2O3PS/c1-5(2)8-9-6(3)4-7(10-8)15-14(11,12)13/h4-5,11-13H,1-3H3/q+1. The molecule has 84 valence electrons. The van der Waals surface area contributed by atoms with Gasteiger partial charge in [-0.1, -0.05) is 13.8 Å². The second kappa shape index (κ2) is 4.63. The van der Waals surface area contributed by atoms with Gasteiger partial charge >= 0.3 is 22.7 Å². The highest BCUT2D eigenvalue weighted by Gasteiger charge is 2.23. The van der Waals surface area contributed by atoms with Crippen molar-refractivity contribution in [3.63, 3.8) is 0 Å². The van der Waals surface area contributed by atoms with Crippen LogP contribution in [0.15, 0.2) is 11.1 Å². The fourth-order valence-electron chi connectivity index (χ4n) is 0.992. The summed E-state index contributed by atoms with van der Waals surface area (Å²) in [4.78, 5) is 35.1. The van der Waals surface area contributed by atoms with Crippen molar-refractivity contribution in [2.45, 2.75) is 31.7 Å². The summed E-state index contributed by atoms with van der Waals surface area (Å²) >= 11 is 0. The van der Waals surface area contributed by atoms with Gasteiger partial charge in [-0.05, 0) is 6.92 Å². The van der Waals surface area contributed by atoms with E-state index in [-0.39, 0.29) is 5.92 Å². The van der Waals surface area contributed by atoms with Gasteiger partial charge < -0.3 is 0 Å². The molecule has 1 rings (SSSR count). The number of hydrogen-bond acceptors (Lipinski definition) is 2. The summed E-state index contributed by atoms with van der Waals surface area (Å²) in [5, 5.41) is 0.382. The van der Waals surface area contributed by atoms with E-state index in [0.717, 1.165) is 5.69 Å². The average Bonchev–Trinajstić information content (AvgIpc) is 1.99. The van der Waals surface area contributed by atoms with Crippen LogP contribution in [0.2, 0.25) is 0 Å². The van der Waals surface area contributed by atoms with E-state index in [1.54, 1.807) is 13.0 Å². The first-order valence-electron chi connectivity index (χ1n) is 4.40. The molecule has 5 nitrogen and oxygen atoms in total. The Morgan fingerprint density at radius 2 is 1.87 bits per heavy atom. The van der Waals surface area contributed by atoms with E-state index in [9.17, 15) is 0 Å². The van der Waals surface area contributed by atoms with Crippen molar-refractivity contribution in [1.82, 2.24) is 9.97 Å². The molecule has 0 saturated carbocycles. The second-order valence-electron chi connectivity index (χ2n) is 3.47. The average molecular weight is 249 g/mol. The molecule has 1 aromatic heterocycles. The number of hydrogen-bond donors (Lipinski definition) is 3. The van der Waals surface area contributed by atoms with Crippen molar-refractivity contribution in [3.05, 3.63) is 17.6 Å². The molecular formula is C8H14N2O3PS+. The van der Waals surface area contributed by atoms with Crippen molar-refractivity contribution in [1.29, 1.82) is 0 Å². The zero-order chi connectivity index (χ0) is 11.6. The maximum Gasteiger partial charge on any atom is 0.523 e. The molecule has 7 heteroatoms. The number of aryl methyl sites for hydroxylation is 1. The zero-order valence-corrected chi connectivity index (χ0v) is 10.5. The molecule has 0 spiro atoms. The lowest BCUT2D eigenvalue weighted by molar-refractivity contribution is 0.363. The van der Waals surface area contributed by atoms with Crippen molar-refractivity contribution >= 4 is 17.7 Å². The summed E-state index contributed by atoms with van der Waals surface area (Å²) < 4.78 is 0. The minimum Gasteiger partial charge on any atom is -0.289 e. The van der Waals surface area contributed by atoms with Gasteiger partial charge in [0.15, 0.2) is 0 Å². The maximum atomic E-state index is 8.92. The zero-order valence-electron chi connectivity index (χ0n) is 8.75. The predicted molar refractivity (Wildman–Crippen MR) is 60.1 cm³/mol. The summed E-state index contributed by atoms with van der Waals surface area (Å²) in [5.74, 6) is 0.791. The first-order chi connectivity index (χ1) is 6.78. The molecule has 15 heavy (non-hydrogen) atoms. The molecule has 0 aliphatic rings. The third kappa shape index (κ3) is 4.32. The summed E-state index contributed by atoms with van der Waals surface area (Å²) in [6.45, 7) is 1.81. The Kier molecular flexibility index (Phi) is 3.92. The van der Waals surface area contributed by atoms with Crippen molar-refractivity contribution in [3.8, 4) is 0 Å². The van der Waals surface area contributed by atoms with E-state index in [1.165, 1.54) is 0 Å². The van der Waals surface area contributed by atoms with Gasteiger partial charge in [0.2, 0.25) is 0 Å². The Hall–Kier alpha value is -0.390. The molecule has 0 bridgehead atoms. The molecule has 1 heterocycles. The smallest absolute Gasteiger partial charge is 0.289 e. The normalized spacial score (nSPS) is 11.9. The van der Waals surface area contributed by atoms with Crippen LogP contribution in [0.25, 0.3) is 0 Å². The highest BCUT2D eigenvalue weighted by molar-refractivity contribution is 8.16. The lowest BCUT2D eigenvalue weighted by atomic mass is 10.2. The fourth-order valence-corrected chi connectivity index (χ4v) is 2.63. The molecule has 0 aliphatic heterocycles. The minimum absolute atomic E-state index is 0.160. The van der Waals surface area contributed by atoms with Crippen LogP contribution in [0.4, 0.5) is 0 Å². The molecule has 0 saturated heterocycles. The van der Waals surface area contributed by atoms with Crippen molar-refractivity contribution < 1.29 is 14.7 Å². The summed E-state index contributed by atoms with van der Waals surface area (Å²) in [6, 6.07) is 1.61. The van der Waals surface area contributed by atoms with Crippen LogP contribution < -0.4 is 0 Å². The van der Waals surface area contributed by atoms with Gasteiger partial charge in [0.05, 0.1) is 0 Å². The maximum absolute atomic E-state index is 8.92. The first kappa shape index (κ1) is 12.7. The Bertz CT molecular complexity index is 408. The highest BCUT2D eigenvalue weighted by atomic mass is 32.5. The minimum atomic E-state index is -3.88. The van der Waals surface area contributed by atoms with Gasteiger partial charge in [-0.15, -0.1) is 0 Å². The van der Waals surface area contributed by atoms with Gasteiger partial charge in [-0.25, -0.2) is 4.98 Å².